The molecule has 1 aromatic heterocycles. The predicted octanol–water partition coefficient (Wildman–Crippen LogP) is 4.34. The number of hydrogen-bond acceptors (Lipinski definition) is 2. The highest BCUT2D eigenvalue weighted by molar-refractivity contribution is 6.32. The monoisotopic (exact) mass is 292 g/mol. The van der Waals surface area contributed by atoms with Gasteiger partial charge in [-0.1, -0.05) is 41.4 Å². The summed E-state index contributed by atoms with van der Waals surface area (Å²) in [5.41, 5.74) is 3.80. The molecule has 19 heavy (non-hydrogen) atoms. The Morgan fingerprint density at radius 3 is 2.63 bits per heavy atom. The molecule has 0 unspecified atom stereocenters. The molecular formula is C15H14Cl2N2. The minimum absolute atomic E-state index is 0.447. The number of nitrogens with zero attached hydrogens (tertiary/aromatic N) is 2. The fraction of sp³-hybridized carbons (Fsp3) is 0.267. The van der Waals surface area contributed by atoms with Crippen LogP contribution in [0.4, 0.5) is 5.69 Å². The van der Waals surface area contributed by atoms with Gasteiger partial charge in [-0.2, -0.15) is 0 Å². The van der Waals surface area contributed by atoms with Crippen molar-refractivity contribution in [3.05, 3.63) is 57.8 Å². The van der Waals surface area contributed by atoms with E-state index in [0.29, 0.717) is 16.3 Å². The summed E-state index contributed by atoms with van der Waals surface area (Å²) in [4.78, 5) is 6.37. The molecule has 0 N–H and O–H groups in total. The fourth-order valence-corrected chi connectivity index (χ4v) is 3.18. The molecule has 4 heteroatoms. The van der Waals surface area contributed by atoms with Crippen LogP contribution in [-0.2, 0) is 13.0 Å². The van der Waals surface area contributed by atoms with Gasteiger partial charge in [0.2, 0.25) is 0 Å². The summed E-state index contributed by atoms with van der Waals surface area (Å²) >= 11 is 11.9. The topological polar surface area (TPSA) is 16.1 Å². The van der Waals surface area contributed by atoms with E-state index < -0.39 is 0 Å². The zero-order valence-corrected chi connectivity index (χ0v) is 12.1. The van der Waals surface area contributed by atoms with Crippen LogP contribution in [0.2, 0.25) is 10.3 Å². The lowest BCUT2D eigenvalue weighted by molar-refractivity contribution is 0.672. The molecule has 1 aliphatic rings. The van der Waals surface area contributed by atoms with Crippen molar-refractivity contribution in [1.29, 1.82) is 0 Å². The summed E-state index contributed by atoms with van der Waals surface area (Å²) < 4.78 is 0. The summed E-state index contributed by atoms with van der Waals surface area (Å²) in [5.74, 6) is 0. The second kappa shape index (κ2) is 5.03. The quantitative estimate of drug-likeness (QED) is 0.766. The van der Waals surface area contributed by atoms with Gasteiger partial charge in [-0.3, -0.25) is 0 Å². The molecule has 1 aliphatic heterocycles. The molecule has 2 aromatic rings. The minimum Gasteiger partial charge on any atom is -0.364 e. The van der Waals surface area contributed by atoms with Gasteiger partial charge in [0.1, 0.15) is 10.3 Å². The van der Waals surface area contributed by atoms with Crippen molar-refractivity contribution in [3.63, 3.8) is 0 Å². The van der Waals surface area contributed by atoms with Gasteiger partial charge in [0.05, 0.1) is 0 Å². The van der Waals surface area contributed by atoms with Gasteiger partial charge < -0.3 is 4.90 Å². The van der Waals surface area contributed by atoms with Crippen molar-refractivity contribution < 1.29 is 0 Å². The largest absolute Gasteiger partial charge is 0.364 e. The van der Waals surface area contributed by atoms with E-state index in [2.05, 4.69) is 41.1 Å². The van der Waals surface area contributed by atoms with Crippen LogP contribution in [0.5, 0.6) is 0 Å². The number of halogens is 2. The molecule has 2 nitrogen and oxygen atoms in total. The normalized spacial score (nSPS) is 17.6. The lowest BCUT2D eigenvalue weighted by Crippen LogP contribution is -2.28. The third-order valence-electron chi connectivity index (χ3n) is 3.52. The van der Waals surface area contributed by atoms with Crippen LogP contribution in [-0.4, -0.2) is 11.0 Å². The average Bonchev–Trinajstić information content (AvgIpc) is 2.65. The zero-order chi connectivity index (χ0) is 13.4. The van der Waals surface area contributed by atoms with Crippen molar-refractivity contribution >= 4 is 28.9 Å². The van der Waals surface area contributed by atoms with Gasteiger partial charge in [-0.25, -0.2) is 4.98 Å². The van der Waals surface area contributed by atoms with Gasteiger partial charge in [0.25, 0.3) is 0 Å². The first-order valence-electron chi connectivity index (χ1n) is 6.30. The third-order valence-corrected chi connectivity index (χ3v) is 3.91. The molecule has 0 aliphatic carbocycles. The third kappa shape index (κ3) is 2.56. The molecule has 3 rings (SSSR count). The highest BCUT2D eigenvalue weighted by atomic mass is 35.5. The van der Waals surface area contributed by atoms with Crippen molar-refractivity contribution in [1.82, 2.24) is 4.98 Å². The van der Waals surface area contributed by atoms with Crippen LogP contribution in [0, 0.1) is 0 Å². The summed E-state index contributed by atoms with van der Waals surface area (Å²) in [5, 5.41) is 0.894. The predicted molar refractivity (Wildman–Crippen MR) is 80.0 cm³/mol. The molecule has 0 saturated heterocycles. The van der Waals surface area contributed by atoms with Crippen LogP contribution >= 0.6 is 23.2 Å². The number of hydrogen-bond donors (Lipinski definition) is 0. The highest BCUT2D eigenvalue weighted by Crippen LogP contribution is 2.33. The van der Waals surface area contributed by atoms with Crippen molar-refractivity contribution in [2.45, 2.75) is 25.9 Å². The molecule has 0 saturated carbocycles. The molecule has 98 valence electrons. The molecule has 0 amide bonds. The Morgan fingerprint density at radius 2 is 1.89 bits per heavy atom. The summed E-state index contributed by atoms with van der Waals surface area (Å²) in [7, 11) is 0. The summed E-state index contributed by atoms with van der Waals surface area (Å²) in [6, 6.07) is 12.8. The van der Waals surface area contributed by atoms with Crippen molar-refractivity contribution in [2.75, 3.05) is 4.90 Å². The van der Waals surface area contributed by atoms with E-state index in [1.54, 1.807) is 0 Å². The lowest BCUT2D eigenvalue weighted by atomic mass is 10.1. The Hall–Kier alpha value is -1.25. The summed E-state index contributed by atoms with van der Waals surface area (Å²) in [6.07, 6.45) is 1.09. The molecule has 0 spiro atoms. The van der Waals surface area contributed by atoms with Gasteiger partial charge in [0, 0.05) is 18.3 Å². The van der Waals surface area contributed by atoms with Crippen LogP contribution < -0.4 is 4.90 Å². The molecular weight excluding hydrogens is 279 g/mol. The maximum absolute atomic E-state index is 5.96. The van der Waals surface area contributed by atoms with E-state index >= 15 is 0 Å². The first kappa shape index (κ1) is 12.8. The number of anilines is 1. The molecule has 1 atom stereocenters. The van der Waals surface area contributed by atoms with Crippen LogP contribution in [0.25, 0.3) is 0 Å². The van der Waals surface area contributed by atoms with E-state index in [4.69, 9.17) is 23.2 Å². The molecule has 0 radical (unpaired) electrons. The average molecular weight is 293 g/mol. The lowest BCUT2D eigenvalue weighted by Gasteiger charge is -2.25. The van der Waals surface area contributed by atoms with Gasteiger partial charge in [0.15, 0.2) is 0 Å². The first-order chi connectivity index (χ1) is 9.13. The smallest absolute Gasteiger partial charge is 0.131 e. The minimum atomic E-state index is 0.447. The number of fused-ring (bicyclic) bond motifs is 1. The first-order valence-corrected chi connectivity index (χ1v) is 7.05. The number of benzene rings is 1. The Labute approximate surface area is 123 Å². The molecule has 0 bridgehead atoms. The number of aromatic nitrogens is 1. The zero-order valence-electron chi connectivity index (χ0n) is 10.6. The summed E-state index contributed by atoms with van der Waals surface area (Å²) in [6.45, 7) is 3.05. The molecule has 1 aromatic carbocycles. The Balaban J connectivity index is 1.91. The maximum Gasteiger partial charge on any atom is 0.131 e. The molecule has 2 heterocycles. The van der Waals surface area contributed by atoms with Crippen LogP contribution in [0.3, 0.4) is 0 Å². The number of para-hydroxylation sites is 1. The Morgan fingerprint density at radius 1 is 1.21 bits per heavy atom. The van der Waals surface area contributed by atoms with E-state index in [0.717, 1.165) is 18.5 Å². The van der Waals surface area contributed by atoms with Crippen LogP contribution in [0.15, 0.2) is 36.4 Å². The van der Waals surface area contributed by atoms with Crippen molar-refractivity contribution in [2.24, 2.45) is 0 Å². The highest BCUT2D eigenvalue weighted by Gasteiger charge is 2.25. The maximum atomic E-state index is 5.96. The van der Waals surface area contributed by atoms with E-state index in [1.165, 1.54) is 11.3 Å². The molecule has 0 fully saturated rings. The van der Waals surface area contributed by atoms with E-state index in [9.17, 15) is 0 Å². The van der Waals surface area contributed by atoms with E-state index in [-0.39, 0.29) is 0 Å². The Bertz CT molecular complexity index is 593. The fourth-order valence-electron chi connectivity index (χ4n) is 2.67. The number of rotatable bonds is 2. The standard InChI is InChI=1S/C15H14Cl2N2/c1-10-6-12-4-2-3-5-13(12)19(10)9-11-7-14(16)18-15(17)8-11/h2-5,7-8,10H,6,9H2,1H3/t10-/m0/s1. The van der Waals surface area contributed by atoms with Crippen LogP contribution in [0.1, 0.15) is 18.1 Å². The second-order valence-corrected chi connectivity index (χ2v) is 5.71. The van der Waals surface area contributed by atoms with Gasteiger partial charge >= 0.3 is 0 Å². The number of pyridine rings is 1. The van der Waals surface area contributed by atoms with Gasteiger partial charge in [-0.05, 0) is 42.7 Å². The van der Waals surface area contributed by atoms with Gasteiger partial charge in [-0.15, -0.1) is 0 Å². The Kier molecular flexibility index (Phi) is 3.38. The van der Waals surface area contributed by atoms with Crippen molar-refractivity contribution in [3.8, 4) is 0 Å². The SMILES string of the molecule is C[C@H]1Cc2ccccc2N1Cc1cc(Cl)nc(Cl)c1. The van der Waals surface area contributed by atoms with E-state index in [1.807, 2.05) is 12.1 Å². The second-order valence-electron chi connectivity index (χ2n) is 4.93.